The molecule has 1 aliphatic rings. The lowest BCUT2D eigenvalue weighted by atomic mass is 10.1. The molecule has 1 heterocycles. The Hall–Kier alpha value is -2.49. The molecule has 0 radical (unpaired) electrons. The number of ether oxygens (including phenoxy) is 1. The Morgan fingerprint density at radius 3 is 1.14 bits per heavy atom. The summed E-state index contributed by atoms with van der Waals surface area (Å²) in [5, 5.41) is 0. The minimum atomic E-state index is -0.125. The summed E-state index contributed by atoms with van der Waals surface area (Å²) < 4.78 is 4.78. The minimum absolute atomic E-state index is 0.125. The molecule has 2 amide bonds. The number of amides is 2. The van der Waals surface area contributed by atoms with Crippen molar-refractivity contribution in [1.29, 1.82) is 0 Å². The smallest absolute Gasteiger partial charge is 0.305 e. The summed E-state index contributed by atoms with van der Waals surface area (Å²) in [5.74, 6) is 0.273. The largest absolute Gasteiger partial charge is 0.469 e. The minimum Gasteiger partial charge on any atom is -0.469 e. The molecule has 1 rings (SSSR count). The number of esters is 1. The highest BCUT2D eigenvalue weighted by atomic mass is 16.5. The topological polar surface area (TPSA) is 76.6 Å². The normalized spacial score (nSPS) is 13.6. The van der Waals surface area contributed by atoms with E-state index >= 15 is 0 Å². The quantitative estimate of drug-likeness (QED) is 0.0342. The molecule has 0 atom stereocenters. The number of methoxy groups -OCH3 is 1. The summed E-state index contributed by atoms with van der Waals surface area (Å²) in [6, 6.07) is 0. The molecular formula is C55H103N5O4. The molecule has 0 bridgehead atoms. The van der Waals surface area contributed by atoms with E-state index in [-0.39, 0.29) is 17.8 Å². The number of nitrogens with zero attached hydrogens (tertiary/aromatic N) is 5. The van der Waals surface area contributed by atoms with Crippen LogP contribution in [0, 0.1) is 0 Å². The molecule has 9 nitrogen and oxygen atoms in total. The molecule has 1 aliphatic heterocycles. The van der Waals surface area contributed by atoms with Gasteiger partial charge >= 0.3 is 5.97 Å². The van der Waals surface area contributed by atoms with Gasteiger partial charge in [-0.3, -0.25) is 24.2 Å². The highest BCUT2D eigenvalue weighted by molar-refractivity contribution is 5.80. The molecule has 0 aromatic heterocycles. The first-order valence-corrected chi connectivity index (χ1v) is 27.1. The Bertz CT molecular complexity index is 1160. The van der Waals surface area contributed by atoms with Crippen molar-refractivity contribution in [2.24, 2.45) is 0 Å². The molecule has 64 heavy (non-hydrogen) atoms. The maximum Gasteiger partial charge on any atom is 0.305 e. The fourth-order valence-electron chi connectivity index (χ4n) is 8.49. The summed E-state index contributed by atoms with van der Waals surface area (Å²) in [5.41, 5.74) is 0. The van der Waals surface area contributed by atoms with E-state index in [1.54, 1.807) is 0 Å². The Balaban J connectivity index is 2.83. The van der Waals surface area contributed by atoms with Crippen molar-refractivity contribution in [3.8, 4) is 0 Å². The third kappa shape index (κ3) is 34.8. The van der Waals surface area contributed by atoms with Crippen LogP contribution in [0.4, 0.5) is 0 Å². The molecule has 0 spiro atoms. The number of carbonyl (C=O) groups excluding carboxylic acids is 3. The first kappa shape index (κ1) is 59.5. The van der Waals surface area contributed by atoms with Crippen LogP contribution in [-0.2, 0) is 19.1 Å². The Kier molecular flexibility index (Phi) is 41.3. The Morgan fingerprint density at radius 1 is 0.391 bits per heavy atom. The fourth-order valence-corrected chi connectivity index (χ4v) is 8.49. The van der Waals surface area contributed by atoms with Crippen LogP contribution in [0.1, 0.15) is 207 Å². The van der Waals surface area contributed by atoms with E-state index in [0.29, 0.717) is 45.7 Å². The van der Waals surface area contributed by atoms with Gasteiger partial charge in [-0.15, -0.1) is 0 Å². The van der Waals surface area contributed by atoms with Crippen molar-refractivity contribution < 1.29 is 19.1 Å². The van der Waals surface area contributed by atoms with E-state index < -0.39 is 0 Å². The van der Waals surface area contributed by atoms with Crippen molar-refractivity contribution in [3.05, 3.63) is 36.5 Å². The SMILES string of the molecule is CCCCC/C=C\CCN(CC/C=C\CCCCC)CCN(CC/C=C\CCCCC)CC(=O)N1CCN(C(=O)CN(CCCCCCCCC)CCCCCCCC(=O)OC)CC1. The number of carbonyl (C=O) groups is 3. The van der Waals surface area contributed by atoms with Gasteiger partial charge in [-0.25, -0.2) is 0 Å². The molecule has 0 aliphatic carbocycles. The van der Waals surface area contributed by atoms with E-state index in [1.807, 2.05) is 9.80 Å². The number of hydrogen-bond donors (Lipinski definition) is 0. The third-order valence-electron chi connectivity index (χ3n) is 12.9. The summed E-state index contributed by atoms with van der Waals surface area (Å²) >= 11 is 0. The van der Waals surface area contributed by atoms with Gasteiger partial charge in [0.25, 0.3) is 0 Å². The Labute approximate surface area is 396 Å². The van der Waals surface area contributed by atoms with Gasteiger partial charge in [0.15, 0.2) is 0 Å². The zero-order valence-electron chi connectivity index (χ0n) is 42.8. The van der Waals surface area contributed by atoms with Crippen molar-refractivity contribution in [1.82, 2.24) is 24.5 Å². The zero-order chi connectivity index (χ0) is 46.6. The standard InChI is InChI=1S/C55H103N5O4/c1-6-10-14-18-22-28-34-40-56(41-35-29-23-19-15-11-7-2)45-46-58(44-38-31-25-21-17-13-9-4)52-54(62)60-49-47-59(48-50-60)53(61)51-57(42-36-30-24-20-16-12-8-3)43-37-32-26-27-33-39-55(63)64-5/h22-23,25,28-29,31H,6-21,24,26-27,30,32-52H2,1-5H3/b28-22-,29-23-,31-25-. The van der Waals surface area contributed by atoms with E-state index in [9.17, 15) is 14.4 Å². The van der Waals surface area contributed by atoms with Gasteiger partial charge in [-0.1, -0.05) is 160 Å². The lowest BCUT2D eigenvalue weighted by Crippen LogP contribution is -2.54. The molecule has 0 aromatic rings. The number of unbranched alkanes of at least 4 members (excludes halogenated alkanes) is 19. The summed E-state index contributed by atoms with van der Waals surface area (Å²) in [6.07, 6.45) is 46.8. The average molecular weight is 898 g/mol. The van der Waals surface area contributed by atoms with Gasteiger partial charge in [0.2, 0.25) is 11.8 Å². The maximum atomic E-state index is 13.9. The second-order valence-electron chi connectivity index (χ2n) is 18.6. The molecule has 0 saturated carbocycles. The lowest BCUT2D eigenvalue weighted by Gasteiger charge is -2.37. The highest BCUT2D eigenvalue weighted by Gasteiger charge is 2.26. The van der Waals surface area contributed by atoms with Gasteiger partial charge in [-0.2, -0.15) is 0 Å². The third-order valence-corrected chi connectivity index (χ3v) is 12.9. The van der Waals surface area contributed by atoms with Crippen LogP contribution in [0.25, 0.3) is 0 Å². The van der Waals surface area contributed by atoms with E-state index in [0.717, 1.165) is 110 Å². The van der Waals surface area contributed by atoms with Crippen LogP contribution in [0.2, 0.25) is 0 Å². The van der Waals surface area contributed by atoms with Gasteiger partial charge in [0.1, 0.15) is 0 Å². The lowest BCUT2D eigenvalue weighted by molar-refractivity contribution is -0.140. The van der Waals surface area contributed by atoms with Crippen LogP contribution in [-0.4, -0.2) is 134 Å². The van der Waals surface area contributed by atoms with Crippen molar-refractivity contribution in [2.75, 3.05) is 92.2 Å². The van der Waals surface area contributed by atoms with E-state index in [4.69, 9.17) is 4.74 Å². The molecule has 1 saturated heterocycles. The average Bonchev–Trinajstić information content (AvgIpc) is 3.30. The molecule has 0 N–H and O–H groups in total. The van der Waals surface area contributed by atoms with Crippen molar-refractivity contribution >= 4 is 17.8 Å². The molecular weight excluding hydrogens is 795 g/mol. The fraction of sp³-hybridized carbons (Fsp3) is 0.836. The van der Waals surface area contributed by atoms with E-state index in [1.165, 1.54) is 116 Å². The van der Waals surface area contributed by atoms with Crippen LogP contribution in [0.5, 0.6) is 0 Å². The molecule has 372 valence electrons. The van der Waals surface area contributed by atoms with Gasteiger partial charge in [-0.05, 0) is 90.1 Å². The Morgan fingerprint density at radius 2 is 0.719 bits per heavy atom. The van der Waals surface area contributed by atoms with Gasteiger partial charge in [0, 0.05) is 65.3 Å². The van der Waals surface area contributed by atoms with Gasteiger partial charge < -0.3 is 19.4 Å². The molecule has 0 aromatic carbocycles. The summed E-state index contributed by atoms with van der Waals surface area (Å²) in [4.78, 5) is 50.5. The summed E-state index contributed by atoms with van der Waals surface area (Å²) in [7, 11) is 1.45. The van der Waals surface area contributed by atoms with Crippen molar-refractivity contribution in [2.45, 2.75) is 207 Å². The molecule has 0 unspecified atom stereocenters. The number of piperazine rings is 1. The van der Waals surface area contributed by atoms with Crippen LogP contribution in [0.3, 0.4) is 0 Å². The number of allylic oxidation sites excluding steroid dienone is 3. The number of rotatable bonds is 44. The molecule has 1 fully saturated rings. The van der Waals surface area contributed by atoms with Crippen LogP contribution < -0.4 is 0 Å². The highest BCUT2D eigenvalue weighted by Crippen LogP contribution is 2.13. The first-order valence-electron chi connectivity index (χ1n) is 27.1. The van der Waals surface area contributed by atoms with E-state index in [2.05, 4.69) is 78.9 Å². The predicted octanol–water partition coefficient (Wildman–Crippen LogP) is 12.4. The predicted molar refractivity (Wildman–Crippen MR) is 274 cm³/mol. The zero-order valence-corrected chi connectivity index (χ0v) is 42.8. The monoisotopic (exact) mass is 898 g/mol. The molecule has 9 heteroatoms. The van der Waals surface area contributed by atoms with Crippen LogP contribution >= 0.6 is 0 Å². The van der Waals surface area contributed by atoms with Crippen LogP contribution in [0.15, 0.2) is 36.5 Å². The number of hydrogen-bond acceptors (Lipinski definition) is 7. The first-order chi connectivity index (χ1) is 31.4. The second-order valence-corrected chi connectivity index (χ2v) is 18.6. The van der Waals surface area contributed by atoms with Crippen molar-refractivity contribution in [3.63, 3.8) is 0 Å². The maximum absolute atomic E-state index is 13.9. The second kappa shape index (κ2) is 44.4. The van der Waals surface area contributed by atoms with Gasteiger partial charge in [0.05, 0.1) is 20.2 Å². The summed E-state index contributed by atoms with van der Waals surface area (Å²) in [6.45, 7) is 19.1.